The molecule has 200 valence electrons. The Bertz CT molecular complexity index is 1410. The molecule has 10 nitrogen and oxygen atoms in total. The lowest BCUT2D eigenvalue weighted by Gasteiger charge is -2.14. The van der Waals surface area contributed by atoms with Crippen molar-refractivity contribution in [2.75, 3.05) is 29.9 Å². The zero-order valence-electron chi connectivity index (χ0n) is 21.1. The maximum atomic E-state index is 14.6. The standard InChI is InChI=1S/C23H28ClFN6O4S2/c1-12(28-22(32)35-5)11-27-21-26-8-7-15(29-21)19-18(30-20(36-19)23(2,3)4)14-9-13(25)10-16(17(14)24)31-37(6,33)34/h7-10,12,31H,11H2,1-6H3,(H,28,32)(H,26,27,29)/t12-/m0/s1. The topological polar surface area (TPSA) is 135 Å². The first-order valence-corrected chi connectivity index (χ1v) is 14.2. The van der Waals surface area contributed by atoms with E-state index in [2.05, 4.69) is 30.1 Å². The molecule has 0 radical (unpaired) electrons. The maximum Gasteiger partial charge on any atom is 0.407 e. The van der Waals surface area contributed by atoms with Crippen LogP contribution in [0.1, 0.15) is 32.7 Å². The second kappa shape index (κ2) is 11.2. The number of amides is 1. The number of halogens is 2. The summed E-state index contributed by atoms with van der Waals surface area (Å²) in [6, 6.07) is 3.65. The summed E-state index contributed by atoms with van der Waals surface area (Å²) in [4.78, 5) is 25.6. The normalized spacial score (nSPS) is 12.6. The molecule has 1 aromatic carbocycles. The highest BCUT2D eigenvalue weighted by molar-refractivity contribution is 7.92. The zero-order valence-corrected chi connectivity index (χ0v) is 23.5. The molecule has 3 rings (SSSR count). The predicted octanol–water partition coefficient (Wildman–Crippen LogP) is 4.89. The molecule has 0 saturated carbocycles. The summed E-state index contributed by atoms with van der Waals surface area (Å²) in [6.45, 7) is 8.10. The second-order valence-corrected chi connectivity index (χ2v) is 12.4. The number of aromatic nitrogens is 3. The summed E-state index contributed by atoms with van der Waals surface area (Å²) >= 11 is 7.92. The van der Waals surface area contributed by atoms with Crippen LogP contribution >= 0.6 is 22.9 Å². The number of carbonyl (C=O) groups is 1. The van der Waals surface area contributed by atoms with Gasteiger partial charge in [-0.25, -0.2) is 32.6 Å². The van der Waals surface area contributed by atoms with Crippen molar-refractivity contribution in [3.8, 4) is 21.8 Å². The van der Waals surface area contributed by atoms with E-state index >= 15 is 0 Å². The van der Waals surface area contributed by atoms with Gasteiger partial charge in [0.15, 0.2) is 0 Å². The third-order valence-electron chi connectivity index (χ3n) is 4.86. The second-order valence-electron chi connectivity index (χ2n) is 9.32. The minimum absolute atomic E-state index is 0.00829. The Labute approximate surface area is 224 Å². The van der Waals surface area contributed by atoms with Crippen molar-refractivity contribution in [3.05, 3.63) is 40.2 Å². The quantitative estimate of drug-likeness (QED) is 0.348. The van der Waals surface area contributed by atoms with Crippen molar-refractivity contribution in [2.24, 2.45) is 0 Å². The Hall–Kier alpha value is -3.03. The van der Waals surface area contributed by atoms with Crippen LogP contribution in [0.15, 0.2) is 24.4 Å². The van der Waals surface area contributed by atoms with Crippen molar-refractivity contribution in [1.82, 2.24) is 20.3 Å². The first kappa shape index (κ1) is 28.5. The molecule has 0 saturated heterocycles. The third-order valence-corrected chi connectivity index (χ3v) is 7.36. The molecule has 2 aromatic heterocycles. The molecule has 0 aliphatic heterocycles. The fraction of sp³-hybridized carbons (Fsp3) is 0.391. The van der Waals surface area contributed by atoms with Gasteiger partial charge in [0.05, 0.1) is 45.3 Å². The van der Waals surface area contributed by atoms with Crippen LogP contribution in [0.5, 0.6) is 0 Å². The monoisotopic (exact) mass is 570 g/mol. The van der Waals surface area contributed by atoms with E-state index in [1.165, 1.54) is 24.5 Å². The highest BCUT2D eigenvalue weighted by Crippen LogP contribution is 2.44. The van der Waals surface area contributed by atoms with Gasteiger partial charge in [-0.15, -0.1) is 11.3 Å². The summed E-state index contributed by atoms with van der Waals surface area (Å²) in [6.07, 6.45) is 1.97. The van der Waals surface area contributed by atoms with Gasteiger partial charge in [-0.2, -0.15) is 0 Å². The molecule has 0 bridgehead atoms. The molecule has 37 heavy (non-hydrogen) atoms. The van der Waals surface area contributed by atoms with E-state index in [1.807, 2.05) is 20.8 Å². The molecule has 1 amide bonds. The number of alkyl carbamates (subject to hydrolysis) is 1. The van der Waals surface area contributed by atoms with Crippen molar-refractivity contribution < 1.29 is 22.3 Å². The number of anilines is 2. The van der Waals surface area contributed by atoms with Gasteiger partial charge in [-0.05, 0) is 25.1 Å². The van der Waals surface area contributed by atoms with Crippen LogP contribution in [0.2, 0.25) is 5.02 Å². The van der Waals surface area contributed by atoms with Crippen LogP contribution in [0, 0.1) is 5.82 Å². The molecule has 3 aromatic rings. The summed E-state index contributed by atoms with van der Waals surface area (Å²) < 4.78 is 45.1. The first-order chi connectivity index (χ1) is 17.2. The smallest absolute Gasteiger partial charge is 0.407 e. The van der Waals surface area contributed by atoms with Crippen LogP contribution in [0.4, 0.5) is 20.8 Å². The SMILES string of the molecule is COC(=O)N[C@@H](C)CNc1nccc(-c2sc(C(C)(C)C)nc2-c2cc(F)cc(NS(C)(=O)=O)c2Cl)n1. The molecular weight excluding hydrogens is 543 g/mol. The number of thiazole rings is 1. The Morgan fingerprint density at radius 2 is 1.97 bits per heavy atom. The lowest BCUT2D eigenvalue weighted by molar-refractivity contribution is 0.168. The largest absolute Gasteiger partial charge is 0.453 e. The summed E-state index contributed by atoms with van der Waals surface area (Å²) in [5, 5.41) is 6.47. The molecule has 2 heterocycles. The maximum absolute atomic E-state index is 14.6. The number of sulfonamides is 1. The molecule has 3 N–H and O–H groups in total. The number of methoxy groups -OCH3 is 1. The number of nitrogens with one attached hydrogen (secondary N) is 3. The molecule has 0 unspecified atom stereocenters. The first-order valence-electron chi connectivity index (χ1n) is 11.1. The summed E-state index contributed by atoms with van der Waals surface area (Å²) in [5.41, 5.74) is 0.661. The van der Waals surface area contributed by atoms with E-state index in [0.717, 1.165) is 17.3 Å². The Balaban J connectivity index is 2.07. The third kappa shape index (κ3) is 7.49. The number of hydrogen-bond donors (Lipinski definition) is 3. The highest BCUT2D eigenvalue weighted by atomic mass is 35.5. The Kier molecular flexibility index (Phi) is 8.60. The number of rotatable bonds is 8. The minimum atomic E-state index is -3.71. The van der Waals surface area contributed by atoms with Gasteiger partial charge in [-0.3, -0.25) is 4.72 Å². The summed E-state index contributed by atoms with van der Waals surface area (Å²) in [5.74, 6) is -0.378. The average molecular weight is 571 g/mol. The van der Waals surface area contributed by atoms with Gasteiger partial charge in [0, 0.05) is 29.8 Å². The molecule has 0 fully saturated rings. The lowest BCUT2D eigenvalue weighted by atomic mass is 9.98. The molecule has 0 aliphatic carbocycles. The fourth-order valence-corrected chi connectivity index (χ4v) is 5.13. The van der Waals surface area contributed by atoms with Gasteiger partial charge >= 0.3 is 6.09 Å². The highest BCUT2D eigenvalue weighted by Gasteiger charge is 2.26. The number of carbonyl (C=O) groups excluding carboxylic acids is 1. The van der Waals surface area contributed by atoms with Crippen molar-refractivity contribution in [1.29, 1.82) is 0 Å². The van der Waals surface area contributed by atoms with Crippen LogP contribution < -0.4 is 15.4 Å². The molecule has 0 aliphatic rings. The minimum Gasteiger partial charge on any atom is -0.453 e. The molecule has 1 atom stereocenters. The van der Waals surface area contributed by atoms with Crippen LogP contribution in [0.3, 0.4) is 0 Å². The zero-order chi connectivity index (χ0) is 27.5. The number of benzene rings is 1. The summed E-state index contributed by atoms with van der Waals surface area (Å²) in [7, 11) is -2.42. The van der Waals surface area contributed by atoms with E-state index < -0.39 is 21.9 Å². The van der Waals surface area contributed by atoms with Gasteiger partial charge < -0.3 is 15.4 Å². The molecule has 14 heteroatoms. The Morgan fingerprint density at radius 1 is 1.27 bits per heavy atom. The van der Waals surface area contributed by atoms with Gasteiger partial charge in [-0.1, -0.05) is 32.4 Å². The predicted molar refractivity (Wildman–Crippen MR) is 144 cm³/mol. The fourth-order valence-electron chi connectivity index (χ4n) is 3.16. The van der Waals surface area contributed by atoms with Gasteiger partial charge in [0.1, 0.15) is 5.82 Å². The van der Waals surface area contributed by atoms with E-state index in [-0.39, 0.29) is 27.7 Å². The van der Waals surface area contributed by atoms with E-state index in [4.69, 9.17) is 16.6 Å². The number of hydrogen-bond acceptors (Lipinski definition) is 9. The van der Waals surface area contributed by atoms with Crippen LogP contribution in [0.25, 0.3) is 21.8 Å². The van der Waals surface area contributed by atoms with Crippen LogP contribution in [-0.2, 0) is 20.2 Å². The van der Waals surface area contributed by atoms with Gasteiger partial charge in [0.25, 0.3) is 0 Å². The number of nitrogens with zero attached hydrogens (tertiary/aromatic N) is 3. The lowest BCUT2D eigenvalue weighted by Crippen LogP contribution is -2.37. The van der Waals surface area contributed by atoms with E-state index in [0.29, 0.717) is 28.8 Å². The average Bonchev–Trinajstić information content (AvgIpc) is 3.25. The van der Waals surface area contributed by atoms with Crippen molar-refractivity contribution in [2.45, 2.75) is 39.2 Å². The number of ether oxygens (including phenoxy) is 1. The van der Waals surface area contributed by atoms with E-state index in [1.54, 1.807) is 19.2 Å². The Morgan fingerprint density at radius 3 is 2.59 bits per heavy atom. The van der Waals surface area contributed by atoms with Crippen molar-refractivity contribution >= 4 is 50.7 Å². The van der Waals surface area contributed by atoms with Crippen molar-refractivity contribution in [3.63, 3.8) is 0 Å². The molecule has 0 spiro atoms. The molecular formula is C23H28ClFN6O4S2. The van der Waals surface area contributed by atoms with Gasteiger partial charge in [0.2, 0.25) is 16.0 Å². The van der Waals surface area contributed by atoms with E-state index in [9.17, 15) is 17.6 Å². The van der Waals surface area contributed by atoms with Crippen LogP contribution in [-0.4, -0.2) is 55.4 Å².